The maximum Gasteiger partial charge on any atom is 0.414 e. The van der Waals surface area contributed by atoms with Gasteiger partial charge in [0.2, 0.25) is 0 Å². The molecule has 0 bridgehead atoms. The van der Waals surface area contributed by atoms with Gasteiger partial charge < -0.3 is 15.3 Å². The second-order valence-corrected chi connectivity index (χ2v) is 9.22. The van der Waals surface area contributed by atoms with E-state index in [4.69, 9.17) is 0 Å². The third-order valence-electron chi connectivity index (χ3n) is 4.84. The first-order valence-electron chi connectivity index (χ1n) is 9.13. The highest BCUT2D eigenvalue weighted by molar-refractivity contribution is 7.93. The van der Waals surface area contributed by atoms with E-state index in [1.807, 2.05) is 0 Å². The summed E-state index contributed by atoms with van der Waals surface area (Å²) in [5.74, 6) is -1.02. The molecule has 0 spiro atoms. The molecule has 0 aromatic heterocycles. The first-order chi connectivity index (χ1) is 13.4. The lowest BCUT2D eigenvalue weighted by atomic mass is 9.83. The fraction of sp³-hybridized carbons (Fsp3) is 0.526. The number of urea groups is 1. The zero-order valence-corrected chi connectivity index (χ0v) is 16.9. The van der Waals surface area contributed by atoms with Crippen LogP contribution in [-0.2, 0) is 9.84 Å². The fourth-order valence-corrected chi connectivity index (χ4v) is 3.89. The van der Waals surface area contributed by atoms with Crippen molar-refractivity contribution >= 4 is 15.9 Å². The second kappa shape index (κ2) is 9.17. The highest BCUT2D eigenvalue weighted by atomic mass is 32.2. The van der Waals surface area contributed by atoms with Crippen molar-refractivity contribution in [2.75, 3.05) is 12.8 Å². The maximum absolute atomic E-state index is 13.0. The Balaban J connectivity index is 2.19. The zero-order valence-electron chi connectivity index (χ0n) is 16.1. The molecule has 10 heteroatoms. The summed E-state index contributed by atoms with van der Waals surface area (Å²) in [5.41, 5.74) is 0.668. The summed E-state index contributed by atoms with van der Waals surface area (Å²) in [5, 5.41) is 13.3. The fourth-order valence-electron chi connectivity index (χ4n) is 3.37. The zero-order chi connectivity index (χ0) is 21.8. The predicted octanol–water partition coefficient (Wildman–Crippen LogP) is 3.02. The minimum absolute atomic E-state index is 0.00495. The van der Waals surface area contributed by atoms with Crippen molar-refractivity contribution in [2.24, 2.45) is 5.92 Å². The average molecular weight is 434 g/mol. The Hall–Kier alpha value is -2.07. The van der Waals surface area contributed by atoms with Crippen LogP contribution in [0.1, 0.15) is 31.4 Å². The predicted molar refractivity (Wildman–Crippen MR) is 103 cm³/mol. The van der Waals surface area contributed by atoms with Crippen LogP contribution in [0.3, 0.4) is 0 Å². The van der Waals surface area contributed by atoms with Crippen LogP contribution >= 0.6 is 0 Å². The van der Waals surface area contributed by atoms with Crippen molar-refractivity contribution in [3.05, 3.63) is 47.4 Å². The highest BCUT2D eigenvalue weighted by Crippen LogP contribution is 2.39. The lowest BCUT2D eigenvalue weighted by molar-refractivity contribution is -0.224. The number of rotatable bonds is 5. The lowest BCUT2D eigenvalue weighted by Crippen LogP contribution is -2.50. The number of alkyl halides is 3. The third-order valence-corrected chi connectivity index (χ3v) is 5.49. The molecule has 1 saturated heterocycles. The van der Waals surface area contributed by atoms with E-state index in [2.05, 4.69) is 5.32 Å². The number of carbonyl (C=O) groups excluding carboxylic acids is 1. The van der Waals surface area contributed by atoms with Gasteiger partial charge in [-0.05, 0) is 31.2 Å². The maximum atomic E-state index is 13.0. The van der Waals surface area contributed by atoms with E-state index in [0.29, 0.717) is 5.56 Å². The number of hydrogen-bond donors (Lipinski definition) is 2. The molecular weight excluding hydrogens is 409 g/mol. The molecule has 0 saturated carbocycles. The Morgan fingerprint density at radius 1 is 1.31 bits per heavy atom. The van der Waals surface area contributed by atoms with E-state index in [1.54, 1.807) is 37.3 Å². The Kier molecular flexibility index (Phi) is 7.34. The molecule has 6 nitrogen and oxygen atoms in total. The normalized spacial score (nSPS) is 23.0. The molecule has 162 valence electrons. The number of amides is 2. The number of nitrogens with one attached hydrogen (secondary N) is 1. The SMILES string of the molecule is C[C@@H](/C=C/S(C)(=O)=O)NC(=O)N1CC[C@H]([C@@H](O)C(F)(F)F)C[C@@H]1c1ccccc1. The molecule has 2 amide bonds. The minimum atomic E-state index is -4.72. The highest BCUT2D eigenvalue weighted by Gasteiger charge is 2.46. The number of piperidine rings is 1. The molecule has 1 fully saturated rings. The third kappa shape index (κ3) is 6.74. The summed E-state index contributed by atoms with van der Waals surface area (Å²) < 4.78 is 61.3. The molecule has 0 unspecified atom stereocenters. The summed E-state index contributed by atoms with van der Waals surface area (Å²) >= 11 is 0. The van der Waals surface area contributed by atoms with E-state index >= 15 is 0 Å². The number of sulfone groups is 1. The van der Waals surface area contributed by atoms with Crippen molar-refractivity contribution in [3.63, 3.8) is 0 Å². The van der Waals surface area contributed by atoms with Crippen LogP contribution in [-0.4, -0.2) is 55.6 Å². The molecule has 1 aliphatic rings. The van der Waals surface area contributed by atoms with Crippen LogP contribution in [0.5, 0.6) is 0 Å². The number of hydrogen-bond acceptors (Lipinski definition) is 4. The van der Waals surface area contributed by atoms with Crippen LogP contribution in [0.2, 0.25) is 0 Å². The Morgan fingerprint density at radius 2 is 1.93 bits per heavy atom. The summed E-state index contributed by atoms with van der Waals surface area (Å²) in [7, 11) is -3.34. The van der Waals surface area contributed by atoms with Gasteiger partial charge in [0, 0.05) is 24.3 Å². The van der Waals surface area contributed by atoms with E-state index in [9.17, 15) is 31.5 Å². The van der Waals surface area contributed by atoms with Gasteiger partial charge in [0.25, 0.3) is 0 Å². The molecule has 0 aliphatic carbocycles. The van der Waals surface area contributed by atoms with Crippen molar-refractivity contribution in [1.82, 2.24) is 10.2 Å². The summed E-state index contributed by atoms with van der Waals surface area (Å²) in [6.07, 6.45) is -4.85. The van der Waals surface area contributed by atoms with Crippen molar-refractivity contribution in [3.8, 4) is 0 Å². The Bertz CT molecular complexity index is 828. The van der Waals surface area contributed by atoms with Gasteiger partial charge in [-0.15, -0.1) is 0 Å². The van der Waals surface area contributed by atoms with Crippen LogP contribution in [0, 0.1) is 5.92 Å². The van der Waals surface area contributed by atoms with Gasteiger partial charge in [-0.1, -0.05) is 36.4 Å². The number of halogens is 3. The van der Waals surface area contributed by atoms with Crippen LogP contribution in [0.25, 0.3) is 0 Å². The quantitative estimate of drug-likeness (QED) is 0.746. The van der Waals surface area contributed by atoms with E-state index in [0.717, 1.165) is 11.7 Å². The second-order valence-electron chi connectivity index (χ2n) is 7.29. The van der Waals surface area contributed by atoms with E-state index in [-0.39, 0.29) is 19.4 Å². The summed E-state index contributed by atoms with van der Waals surface area (Å²) in [4.78, 5) is 14.2. The first-order valence-corrected chi connectivity index (χ1v) is 11.1. The number of benzene rings is 1. The topological polar surface area (TPSA) is 86.7 Å². The van der Waals surface area contributed by atoms with Gasteiger partial charge in [-0.25, -0.2) is 13.2 Å². The van der Waals surface area contributed by atoms with Gasteiger partial charge in [-0.2, -0.15) is 13.2 Å². The minimum Gasteiger partial charge on any atom is -0.383 e. The number of likely N-dealkylation sites (tertiary alicyclic amines) is 1. The number of aliphatic hydroxyl groups is 1. The van der Waals surface area contributed by atoms with Crippen LogP contribution < -0.4 is 5.32 Å². The van der Waals surface area contributed by atoms with E-state index in [1.165, 1.54) is 11.0 Å². The number of nitrogens with zero attached hydrogens (tertiary/aromatic N) is 1. The molecule has 4 atom stereocenters. The monoisotopic (exact) mass is 434 g/mol. The molecule has 1 aliphatic heterocycles. The molecule has 2 N–H and O–H groups in total. The van der Waals surface area contributed by atoms with E-state index < -0.39 is 46.2 Å². The van der Waals surface area contributed by atoms with Gasteiger partial charge in [0.15, 0.2) is 15.9 Å². The van der Waals surface area contributed by atoms with Crippen molar-refractivity contribution in [1.29, 1.82) is 0 Å². The number of aliphatic hydroxyl groups excluding tert-OH is 1. The molecule has 1 aromatic rings. The molecule has 1 heterocycles. The average Bonchev–Trinajstić information content (AvgIpc) is 2.64. The van der Waals surface area contributed by atoms with Crippen molar-refractivity contribution < 1.29 is 31.5 Å². The van der Waals surface area contributed by atoms with Gasteiger partial charge in [0.1, 0.15) is 0 Å². The number of carbonyl (C=O) groups is 1. The molecule has 0 radical (unpaired) electrons. The van der Waals surface area contributed by atoms with Gasteiger partial charge in [0.05, 0.1) is 6.04 Å². The standard InChI is InChI=1S/C19H25F3N2O4S/c1-13(9-11-29(2,27)28)23-18(26)24-10-8-15(17(25)19(20,21)22)12-16(24)14-6-4-3-5-7-14/h3-7,9,11,13,15-17,25H,8,10,12H2,1-2H3,(H,23,26)/b11-9+/t13-,15-,16+,17+/m0/s1. The summed E-state index contributed by atoms with van der Waals surface area (Å²) in [6.45, 7) is 1.63. The molecule has 1 aromatic carbocycles. The lowest BCUT2D eigenvalue weighted by Gasteiger charge is -2.41. The van der Waals surface area contributed by atoms with Gasteiger partial charge >= 0.3 is 12.2 Å². The molecule has 29 heavy (non-hydrogen) atoms. The van der Waals surface area contributed by atoms with Crippen molar-refractivity contribution in [2.45, 2.75) is 44.1 Å². The Morgan fingerprint density at radius 3 is 2.48 bits per heavy atom. The molecular formula is C19H25F3N2O4S. The molecule has 2 rings (SSSR count). The first kappa shape index (κ1) is 23.2. The van der Waals surface area contributed by atoms with Gasteiger partial charge in [-0.3, -0.25) is 0 Å². The summed E-state index contributed by atoms with van der Waals surface area (Å²) in [6, 6.07) is 6.92. The smallest absolute Gasteiger partial charge is 0.383 e. The largest absolute Gasteiger partial charge is 0.414 e. The Labute approximate surface area is 168 Å². The van der Waals surface area contributed by atoms with Crippen LogP contribution in [0.4, 0.5) is 18.0 Å². The van der Waals surface area contributed by atoms with Crippen LogP contribution in [0.15, 0.2) is 41.8 Å².